The van der Waals surface area contributed by atoms with Gasteiger partial charge < -0.3 is 14.2 Å². The van der Waals surface area contributed by atoms with Gasteiger partial charge in [-0.25, -0.2) is 0 Å². The molecule has 0 aliphatic heterocycles. The molecule has 0 spiro atoms. The lowest BCUT2D eigenvalue weighted by Crippen LogP contribution is -2.30. The van der Waals surface area contributed by atoms with E-state index in [1.807, 2.05) is 0 Å². The number of carbonyl (C=O) groups is 2. The van der Waals surface area contributed by atoms with Crippen molar-refractivity contribution in [2.75, 3.05) is 19.8 Å². The van der Waals surface area contributed by atoms with E-state index in [9.17, 15) is 9.59 Å². The van der Waals surface area contributed by atoms with Gasteiger partial charge in [0.15, 0.2) is 6.10 Å². The van der Waals surface area contributed by atoms with E-state index in [0.717, 1.165) is 83.5 Å². The topological polar surface area (TPSA) is 61.8 Å². The Kier molecular flexibility index (Phi) is 43.5. The van der Waals surface area contributed by atoms with E-state index in [4.69, 9.17) is 14.2 Å². The molecule has 314 valence electrons. The lowest BCUT2D eigenvalue weighted by atomic mass is 10.0. The monoisotopic (exact) mass is 757 g/mol. The Morgan fingerprint density at radius 1 is 0.426 bits per heavy atom. The van der Waals surface area contributed by atoms with Gasteiger partial charge in [-0.15, -0.1) is 0 Å². The molecule has 0 rings (SSSR count). The molecule has 54 heavy (non-hydrogen) atoms. The van der Waals surface area contributed by atoms with Crippen molar-refractivity contribution in [3.8, 4) is 0 Å². The van der Waals surface area contributed by atoms with Crippen LogP contribution in [0.5, 0.6) is 0 Å². The number of hydrogen-bond donors (Lipinski definition) is 0. The van der Waals surface area contributed by atoms with E-state index in [1.54, 1.807) is 0 Å². The Hall–Kier alpha value is -2.14. The van der Waals surface area contributed by atoms with Crippen LogP contribution in [0.4, 0.5) is 0 Å². The maximum atomic E-state index is 12.7. The van der Waals surface area contributed by atoms with E-state index in [-0.39, 0.29) is 25.2 Å². The van der Waals surface area contributed by atoms with E-state index in [0.29, 0.717) is 19.4 Å². The second-order valence-electron chi connectivity index (χ2n) is 15.3. The van der Waals surface area contributed by atoms with Gasteiger partial charge in [-0.05, 0) is 70.6 Å². The van der Waals surface area contributed by atoms with Gasteiger partial charge in [0, 0.05) is 19.4 Å². The Balaban J connectivity index is 4.28. The quantitative estimate of drug-likeness (QED) is 0.0353. The summed E-state index contributed by atoms with van der Waals surface area (Å²) in [5, 5.41) is 0. The molecule has 0 saturated carbocycles. The van der Waals surface area contributed by atoms with Gasteiger partial charge in [0.25, 0.3) is 0 Å². The van der Waals surface area contributed by atoms with Crippen molar-refractivity contribution in [2.45, 2.75) is 232 Å². The van der Waals surface area contributed by atoms with E-state index >= 15 is 0 Å². The molecule has 0 aliphatic carbocycles. The molecule has 0 N–H and O–H groups in total. The molecule has 0 aromatic heterocycles. The number of unbranched alkanes of at least 4 members (excludes halogenated alkanes) is 23. The second kappa shape index (κ2) is 45.3. The summed E-state index contributed by atoms with van der Waals surface area (Å²) in [5.41, 5.74) is 0. The van der Waals surface area contributed by atoms with Crippen LogP contribution < -0.4 is 0 Å². The summed E-state index contributed by atoms with van der Waals surface area (Å²) in [6.07, 6.45) is 54.0. The SMILES string of the molecule is CC/C=C\C/C=C\C/C=C\CCCCCC(=O)OCC(COCCCCCCCCCCCCCCCC)OC(=O)CCCCCCC/C=C\CCCC. The molecule has 0 saturated heterocycles. The van der Waals surface area contributed by atoms with Crippen LogP contribution in [0.1, 0.15) is 226 Å². The minimum Gasteiger partial charge on any atom is -0.462 e. The third kappa shape index (κ3) is 42.6. The lowest BCUT2D eigenvalue weighted by molar-refractivity contribution is -0.163. The highest BCUT2D eigenvalue weighted by atomic mass is 16.6. The Bertz CT molecular complexity index is 904. The van der Waals surface area contributed by atoms with E-state index in [1.165, 1.54) is 109 Å². The zero-order valence-corrected chi connectivity index (χ0v) is 36.0. The first-order valence-corrected chi connectivity index (χ1v) is 23.2. The molecule has 0 aromatic rings. The fourth-order valence-corrected chi connectivity index (χ4v) is 6.39. The maximum absolute atomic E-state index is 12.7. The van der Waals surface area contributed by atoms with Crippen LogP contribution in [0, 0.1) is 0 Å². The summed E-state index contributed by atoms with van der Waals surface area (Å²) in [7, 11) is 0. The predicted octanol–water partition coefficient (Wildman–Crippen LogP) is 15.2. The third-order valence-corrected chi connectivity index (χ3v) is 9.85. The number of ether oxygens (including phenoxy) is 3. The van der Waals surface area contributed by atoms with E-state index < -0.39 is 6.10 Å². The molecular formula is C49H88O5. The fourth-order valence-electron chi connectivity index (χ4n) is 6.39. The Morgan fingerprint density at radius 3 is 1.43 bits per heavy atom. The second-order valence-corrected chi connectivity index (χ2v) is 15.3. The molecule has 0 fully saturated rings. The van der Waals surface area contributed by atoms with Crippen LogP contribution in [-0.2, 0) is 23.8 Å². The predicted molar refractivity (Wildman–Crippen MR) is 233 cm³/mol. The van der Waals surface area contributed by atoms with Crippen molar-refractivity contribution >= 4 is 11.9 Å². The number of allylic oxidation sites excluding steroid dienone is 8. The summed E-state index contributed by atoms with van der Waals surface area (Å²) in [6.45, 7) is 7.65. The molecule has 0 aliphatic rings. The highest BCUT2D eigenvalue weighted by Gasteiger charge is 2.17. The van der Waals surface area contributed by atoms with Crippen molar-refractivity contribution in [3.05, 3.63) is 48.6 Å². The zero-order chi connectivity index (χ0) is 39.3. The highest BCUT2D eigenvalue weighted by molar-refractivity contribution is 5.70. The highest BCUT2D eigenvalue weighted by Crippen LogP contribution is 2.14. The summed E-state index contributed by atoms with van der Waals surface area (Å²) < 4.78 is 17.3. The van der Waals surface area contributed by atoms with Crippen molar-refractivity contribution in [1.82, 2.24) is 0 Å². The molecule has 5 heteroatoms. The molecule has 0 amide bonds. The maximum Gasteiger partial charge on any atom is 0.306 e. The summed E-state index contributed by atoms with van der Waals surface area (Å²) in [5.74, 6) is -0.437. The largest absolute Gasteiger partial charge is 0.462 e. The molecule has 0 heterocycles. The smallest absolute Gasteiger partial charge is 0.306 e. The first kappa shape index (κ1) is 51.9. The minimum absolute atomic E-state index is 0.0690. The van der Waals surface area contributed by atoms with Crippen LogP contribution in [0.25, 0.3) is 0 Å². The Labute approximate surface area is 335 Å². The summed E-state index contributed by atoms with van der Waals surface area (Å²) in [6, 6.07) is 0. The number of esters is 2. The molecule has 5 nitrogen and oxygen atoms in total. The fraction of sp³-hybridized carbons (Fsp3) is 0.796. The van der Waals surface area contributed by atoms with E-state index in [2.05, 4.69) is 69.4 Å². The first-order chi connectivity index (χ1) is 26.6. The lowest BCUT2D eigenvalue weighted by Gasteiger charge is -2.18. The number of hydrogen-bond acceptors (Lipinski definition) is 5. The summed E-state index contributed by atoms with van der Waals surface area (Å²) >= 11 is 0. The van der Waals surface area contributed by atoms with Gasteiger partial charge in [-0.1, -0.05) is 191 Å². The van der Waals surface area contributed by atoms with Gasteiger partial charge in [0.05, 0.1) is 6.61 Å². The van der Waals surface area contributed by atoms with Crippen LogP contribution in [0.2, 0.25) is 0 Å². The summed E-state index contributed by atoms with van der Waals surface area (Å²) in [4.78, 5) is 25.2. The third-order valence-electron chi connectivity index (χ3n) is 9.85. The zero-order valence-electron chi connectivity index (χ0n) is 36.0. The van der Waals surface area contributed by atoms with Gasteiger partial charge in [-0.3, -0.25) is 9.59 Å². The molecule has 0 aromatic carbocycles. The van der Waals surface area contributed by atoms with Crippen LogP contribution in [0.3, 0.4) is 0 Å². The van der Waals surface area contributed by atoms with Crippen LogP contribution in [-0.4, -0.2) is 37.9 Å². The van der Waals surface area contributed by atoms with Crippen molar-refractivity contribution in [3.63, 3.8) is 0 Å². The van der Waals surface area contributed by atoms with Crippen molar-refractivity contribution in [1.29, 1.82) is 0 Å². The van der Waals surface area contributed by atoms with Crippen LogP contribution in [0.15, 0.2) is 48.6 Å². The number of carbonyl (C=O) groups excluding carboxylic acids is 2. The molecular weight excluding hydrogens is 669 g/mol. The average molecular weight is 757 g/mol. The molecule has 0 bridgehead atoms. The molecule has 0 radical (unpaired) electrons. The van der Waals surface area contributed by atoms with Crippen molar-refractivity contribution < 1.29 is 23.8 Å². The van der Waals surface area contributed by atoms with Crippen LogP contribution >= 0.6 is 0 Å². The van der Waals surface area contributed by atoms with Gasteiger partial charge >= 0.3 is 11.9 Å². The number of rotatable bonds is 42. The molecule has 1 unspecified atom stereocenters. The Morgan fingerprint density at radius 2 is 0.852 bits per heavy atom. The standard InChI is InChI=1S/C49H88O5/c1-4-7-10-13-16-19-22-24-26-29-32-35-38-41-44-52-45-47(54-49(51)43-40-37-34-31-27-21-18-15-12-9-6-3)46-53-48(50)42-39-36-33-30-28-25-23-20-17-14-11-8-5-2/h8,11,15,17-18,20,25,28,47H,4-7,9-10,12-14,16,19,21-24,26-27,29-46H2,1-3H3/b11-8-,18-15-,20-17-,28-25-. The first-order valence-electron chi connectivity index (χ1n) is 23.2. The minimum atomic E-state index is -0.547. The van der Waals surface area contributed by atoms with Gasteiger partial charge in [0.2, 0.25) is 0 Å². The average Bonchev–Trinajstić information content (AvgIpc) is 3.17. The van der Waals surface area contributed by atoms with Crippen molar-refractivity contribution in [2.24, 2.45) is 0 Å². The molecule has 1 atom stereocenters. The van der Waals surface area contributed by atoms with Gasteiger partial charge in [0.1, 0.15) is 6.61 Å². The normalized spacial score (nSPS) is 12.6. The van der Waals surface area contributed by atoms with Gasteiger partial charge in [-0.2, -0.15) is 0 Å².